The summed E-state index contributed by atoms with van der Waals surface area (Å²) in [5, 5.41) is 0. The van der Waals surface area contributed by atoms with Crippen LogP contribution in [-0.4, -0.2) is 44.3 Å². The second kappa shape index (κ2) is 9.15. The number of carbonyl (C=O) groups is 3. The summed E-state index contributed by atoms with van der Waals surface area (Å²) in [5.41, 5.74) is -0.847. The number of allylic oxidation sites excluding steroid dienone is 1. The number of carbonyl (C=O) groups excluding carboxylic acids is 3. The van der Waals surface area contributed by atoms with Gasteiger partial charge in [-0.15, -0.1) is 0 Å². The SMILES string of the molecule is COC(=O)[C@H]1CC=CC[C@@]1(OC(=O)COCc1ccccc1)C(=O)OC. The Morgan fingerprint density at radius 3 is 2.46 bits per heavy atom. The van der Waals surface area contributed by atoms with Gasteiger partial charge in [-0.05, 0) is 12.0 Å². The number of methoxy groups -OCH3 is 2. The molecule has 0 aromatic heterocycles. The van der Waals surface area contributed by atoms with Crippen LogP contribution in [0.1, 0.15) is 18.4 Å². The van der Waals surface area contributed by atoms with Crippen LogP contribution in [0.3, 0.4) is 0 Å². The average molecular weight is 362 g/mol. The second-order valence-corrected chi connectivity index (χ2v) is 5.82. The molecule has 0 radical (unpaired) electrons. The molecule has 140 valence electrons. The number of esters is 3. The molecule has 1 aromatic rings. The maximum Gasteiger partial charge on any atom is 0.351 e. The molecule has 0 amide bonds. The Morgan fingerprint density at radius 1 is 1.08 bits per heavy atom. The van der Waals surface area contributed by atoms with Gasteiger partial charge < -0.3 is 18.9 Å². The van der Waals surface area contributed by atoms with Crippen molar-refractivity contribution in [2.75, 3.05) is 20.8 Å². The van der Waals surface area contributed by atoms with E-state index in [0.29, 0.717) is 0 Å². The van der Waals surface area contributed by atoms with Gasteiger partial charge in [0.15, 0.2) is 0 Å². The third kappa shape index (κ3) is 4.49. The molecule has 0 unspecified atom stereocenters. The highest BCUT2D eigenvalue weighted by Crippen LogP contribution is 2.36. The number of rotatable bonds is 7. The van der Waals surface area contributed by atoms with Crippen molar-refractivity contribution in [1.82, 2.24) is 0 Å². The van der Waals surface area contributed by atoms with Crippen molar-refractivity contribution >= 4 is 17.9 Å². The Kier molecular flexibility index (Phi) is 6.91. The minimum absolute atomic E-state index is 0.0316. The van der Waals surface area contributed by atoms with Crippen molar-refractivity contribution in [2.45, 2.75) is 25.0 Å². The molecule has 7 nitrogen and oxygen atoms in total. The topological polar surface area (TPSA) is 88.1 Å². The molecule has 1 aromatic carbocycles. The minimum atomic E-state index is -1.75. The fourth-order valence-electron chi connectivity index (χ4n) is 2.86. The summed E-state index contributed by atoms with van der Waals surface area (Å²) in [7, 11) is 2.39. The monoisotopic (exact) mass is 362 g/mol. The lowest BCUT2D eigenvalue weighted by atomic mass is 9.78. The van der Waals surface area contributed by atoms with Crippen LogP contribution in [0.2, 0.25) is 0 Å². The zero-order chi connectivity index (χ0) is 19.0. The molecular weight excluding hydrogens is 340 g/mol. The summed E-state index contributed by atoms with van der Waals surface area (Å²) in [6.45, 7) is -0.132. The van der Waals surface area contributed by atoms with E-state index in [1.165, 1.54) is 14.2 Å². The maximum absolute atomic E-state index is 12.4. The van der Waals surface area contributed by atoms with Gasteiger partial charge in [0.05, 0.1) is 20.8 Å². The van der Waals surface area contributed by atoms with Gasteiger partial charge in [0, 0.05) is 6.42 Å². The summed E-state index contributed by atoms with van der Waals surface area (Å²) >= 11 is 0. The van der Waals surface area contributed by atoms with Crippen LogP contribution in [0.4, 0.5) is 0 Å². The molecule has 0 saturated carbocycles. The Labute approximate surface area is 151 Å². The molecule has 0 bridgehead atoms. The van der Waals surface area contributed by atoms with E-state index in [1.807, 2.05) is 30.3 Å². The van der Waals surface area contributed by atoms with Crippen LogP contribution >= 0.6 is 0 Å². The molecule has 1 aliphatic carbocycles. The van der Waals surface area contributed by atoms with Crippen LogP contribution in [0, 0.1) is 5.92 Å². The van der Waals surface area contributed by atoms with Crippen LogP contribution in [0.25, 0.3) is 0 Å². The van der Waals surface area contributed by atoms with Crippen LogP contribution in [0.15, 0.2) is 42.5 Å². The molecule has 0 fully saturated rings. The van der Waals surface area contributed by atoms with E-state index in [9.17, 15) is 14.4 Å². The highest BCUT2D eigenvalue weighted by molar-refractivity contribution is 5.90. The fraction of sp³-hybridized carbons (Fsp3) is 0.421. The summed E-state index contributed by atoms with van der Waals surface area (Å²) < 4.78 is 20.3. The average Bonchev–Trinajstić information content (AvgIpc) is 2.67. The quantitative estimate of drug-likeness (QED) is 0.415. The predicted octanol–water partition coefficient (Wildman–Crippen LogP) is 1.80. The van der Waals surface area contributed by atoms with E-state index in [1.54, 1.807) is 12.2 Å². The molecule has 7 heteroatoms. The van der Waals surface area contributed by atoms with E-state index in [0.717, 1.165) is 5.56 Å². The van der Waals surface area contributed by atoms with Gasteiger partial charge in [-0.2, -0.15) is 0 Å². The van der Waals surface area contributed by atoms with Crippen molar-refractivity contribution < 1.29 is 33.3 Å². The van der Waals surface area contributed by atoms with Gasteiger partial charge >= 0.3 is 17.9 Å². The molecule has 0 N–H and O–H groups in total. The van der Waals surface area contributed by atoms with Crippen molar-refractivity contribution in [1.29, 1.82) is 0 Å². The summed E-state index contributed by atoms with van der Waals surface area (Å²) in [6.07, 6.45) is 3.65. The minimum Gasteiger partial charge on any atom is -0.469 e. The molecule has 0 heterocycles. The van der Waals surface area contributed by atoms with E-state index in [-0.39, 0.29) is 26.1 Å². The first-order valence-corrected chi connectivity index (χ1v) is 8.18. The number of ether oxygens (including phenoxy) is 4. The molecule has 26 heavy (non-hydrogen) atoms. The van der Waals surface area contributed by atoms with Crippen molar-refractivity contribution in [3.63, 3.8) is 0 Å². The first-order chi connectivity index (χ1) is 12.5. The smallest absolute Gasteiger partial charge is 0.351 e. The third-order valence-electron chi connectivity index (χ3n) is 4.17. The molecule has 1 aliphatic rings. The Hall–Kier alpha value is -2.67. The van der Waals surface area contributed by atoms with Crippen molar-refractivity contribution in [3.05, 3.63) is 48.0 Å². The molecule has 2 rings (SSSR count). The van der Waals surface area contributed by atoms with E-state index < -0.39 is 29.4 Å². The Morgan fingerprint density at radius 2 is 1.81 bits per heavy atom. The number of hydrogen-bond acceptors (Lipinski definition) is 7. The Bertz CT molecular complexity index is 668. The van der Waals surface area contributed by atoms with E-state index >= 15 is 0 Å². The van der Waals surface area contributed by atoms with Crippen LogP contribution < -0.4 is 0 Å². The largest absolute Gasteiger partial charge is 0.469 e. The van der Waals surface area contributed by atoms with Crippen molar-refractivity contribution in [2.24, 2.45) is 5.92 Å². The lowest BCUT2D eigenvalue weighted by Gasteiger charge is -2.36. The standard InChI is InChI=1S/C19H22O7/c1-23-17(21)15-10-6-7-11-19(15,18(22)24-2)26-16(20)13-25-12-14-8-4-3-5-9-14/h3-9,15H,10-13H2,1-2H3/t15-,19+/m1/s1. The lowest BCUT2D eigenvalue weighted by Crippen LogP contribution is -2.54. The molecule has 0 spiro atoms. The molecular formula is C19H22O7. The van der Waals surface area contributed by atoms with Gasteiger partial charge in [0.25, 0.3) is 0 Å². The highest BCUT2D eigenvalue weighted by atomic mass is 16.6. The predicted molar refractivity (Wildman–Crippen MR) is 90.8 cm³/mol. The molecule has 0 saturated heterocycles. The molecule has 2 atom stereocenters. The summed E-state index contributed by atoms with van der Waals surface area (Å²) in [6, 6.07) is 9.32. The van der Waals surface area contributed by atoms with Crippen molar-refractivity contribution in [3.8, 4) is 0 Å². The van der Waals surface area contributed by atoms with Gasteiger partial charge in [-0.1, -0.05) is 42.5 Å². The fourth-order valence-corrected chi connectivity index (χ4v) is 2.86. The lowest BCUT2D eigenvalue weighted by molar-refractivity contribution is -0.196. The zero-order valence-electron chi connectivity index (χ0n) is 14.8. The zero-order valence-corrected chi connectivity index (χ0v) is 14.8. The van der Waals surface area contributed by atoms with E-state index in [2.05, 4.69) is 0 Å². The van der Waals surface area contributed by atoms with Gasteiger partial charge in [-0.25, -0.2) is 9.59 Å². The first kappa shape index (κ1) is 19.7. The first-order valence-electron chi connectivity index (χ1n) is 8.18. The van der Waals surface area contributed by atoms with Gasteiger partial charge in [0.1, 0.15) is 12.5 Å². The van der Waals surface area contributed by atoms with Crippen LogP contribution in [0.5, 0.6) is 0 Å². The Balaban J connectivity index is 2.06. The normalized spacial score (nSPS) is 21.7. The summed E-state index contributed by atoms with van der Waals surface area (Å²) in [5.74, 6) is -3.16. The maximum atomic E-state index is 12.4. The molecule has 0 aliphatic heterocycles. The van der Waals surface area contributed by atoms with E-state index in [4.69, 9.17) is 18.9 Å². The highest BCUT2D eigenvalue weighted by Gasteiger charge is 2.54. The number of hydrogen-bond donors (Lipinski definition) is 0. The number of benzene rings is 1. The van der Waals surface area contributed by atoms with Crippen LogP contribution in [-0.2, 0) is 39.9 Å². The van der Waals surface area contributed by atoms with Gasteiger partial charge in [-0.3, -0.25) is 4.79 Å². The van der Waals surface area contributed by atoms with Gasteiger partial charge in [0.2, 0.25) is 5.60 Å². The summed E-state index contributed by atoms with van der Waals surface area (Å²) in [4.78, 5) is 36.7. The third-order valence-corrected chi connectivity index (χ3v) is 4.17. The second-order valence-electron chi connectivity index (χ2n) is 5.82.